The summed E-state index contributed by atoms with van der Waals surface area (Å²) in [5.74, 6) is 2.70. The van der Waals surface area contributed by atoms with Crippen LogP contribution in [0.3, 0.4) is 0 Å². The zero-order valence-electron chi connectivity index (χ0n) is 18.8. The zero-order valence-corrected chi connectivity index (χ0v) is 18.8. The maximum Gasteiger partial charge on any atom is 0.263 e. The number of carbonyl (C=O) groups excluding carboxylic acids is 1. The summed E-state index contributed by atoms with van der Waals surface area (Å²) in [5, 5.41) is 7.98. The van der Waals surface area contributed by atoms with Gasteiger partial charge in [-0.3, -0.25) is 4.79 Å². The lowest BCUT2D eigenvalue weighted by Gasteiger charge is -2.36. The molecular weight excluding hydrogens is 390 g/mol. The number of rotatable bonds is 6. The maximum atomic E-state index is 12.4. The molecule has 0 aliphatic carbocycles. The van der Waals surface area contributed by atoms with Crippen LogP contribution in [0.4, 0.5) is 5.82 Å². The molecule has 0 bridgehead atoms. The summed E-state index contributed by atoms with van der Waals surface area (Å²) in [7, 11) is 0. The Kier molecular flexibility index (Phi) is 6.20. The van der Waals surface area contributed by atoms with Crippen LogP contribution in [-0.4, -0.2) is 34.1 Å². The number of hydrogen-bond donors (Lipinski definition) is 1. The third-order valence-corrected chi connectivity index (χ3v) is 5.85. The number of fused-ring (bicyclic) bond motifs is 1. The number of anilines is 1. The van der Waals surface area contributed by atoms with Gasteiger partial charge in [0.15, 0.2) is 0 Å². The van der Waals surface area contributed by atoms with Gasteiger partial charge in [-0.25, -0.2) is 4.98 Å². The molecule has 4 rings (SSSR count). The molecule has 3 aromatic rings. The van der Waals surface area contributed by atoms with Crippen molar-refractivity contribution in [1.29, 1.82) is 0 Å². The minimum absolute atomic E-state index is 0.0132. The van der Waals surface area contributed by atoms with Gasteiger partial charge < -0.3 is 14.7 Å². The highest BCUT2D eigenvalue weighted by Crippen LogP contribution is 2.31. The van der Waals surface area contributed by atoms with E-state index in [4.69, 9.17) is 9.51 Å². The number of nitrogens with zero attached hydrogens (tertiary/aromatic N) is 4. The molecule has 0 unspecified atom stereocenters. The van der Waals surface area contributed by atoms with E-state index in [9.17, 15) is 4.79 Å². The van der Waals surface area contributed by atoms with Gasteiger partial charge in [0.1, 0.15) is 17.0 Å². The predicted molar refractivity (Wildman–Crippen MR) is 121 cm³/mol. The summed E-state index contributed by atoms with van der Waals surface area (Å²) in [6, 6.07) is 8.15. The Balaban J connectivity index is 1.47. The third-order valence-electron chi connectivity index (χ3n) is 5.85. The Morgan fingerprint density at radius 1 is 1.19 bits per heavy atom. The Morgan fingerprint density at radius 3 is 2.71 bits per heavy atom. The molecule has 7 heteroatoms. The Morgan fingerprint density at radius 2 is 1.97 bits per heavy atom. The molecule has 1 aliphatic heterocycles. The van der Waals surface area contributed by atoms with Crippen LogP contribution in [0.1, 0.15) is 49.3 Å². The van der Waals surface area contributed by atoms with E-state index in [0.717, 1.165) is 35.6 Å². The van der Waals surface area contributed by atoms with Crippen LogP contribution in [0.2, 0.25) is 0 Å². The molecule has 1 aromatic carbocycles. The van der Waals surface area contributed by atoms with Gasteiger partial charge in [0.2, 0.25) is 5.91 Å². The van der Waals surface area contributed by atoms with E-state index in [0.29, 0.717) is 42.8 Å². The number of nitrogens with one attached hydrogen (secondary N) is 1. The van der Waals surface area contributed by atoms with Crippen LogP contribution in [0.25, 0.3) is 11.1 Å². The Labute approximate surface area is 183 Å². The van der Waals surface area contributed by atoms with Gasteiger partial charge >= 0.3 is 0 Å². The summed E-state index contributed by atoms with van der Waals surface area (Å²) in [6.07, 6.45) is 2.01. The molecular formula is C24H31N5O2. The fraction of sp³-hybridized carbons (Fsp3) is 0.500. The number of aromatic nitrogens is 3. The second kappa shape index (κ2) is 9.04. The average molecular weight is 422 g/mol. The lowest BCUT2D eigenvalue weighted by molar-refractivity contribution is -0.121. The topological polar surface area (TPSA) is 84.2 Å². The zero-order chi connectivity index (χ0) is 22.0. The first kappa shape index (κ1) is 21.3. The highest BCUT2D eigenvalue weighted by atomic mass is 16.5. The summed E-state index contributed by atoms with van der Waals surface area (Å²) in [6.45, 7) is 11.0. The second-order valence-corrected chi connectivity index (χ2v) is 9.03. The van der Waals surface area contributed by atoms with Crippen LogP contribution in [0, 0.1) is 25.7 Å². The van der Waals surface area contributed by atoms with Crippen molar-refractivity contribution in [1.82, 2.24) is 20.4 Å². The van der Waals surface area contributed by atoms with Crippen LogP contribution >= 0.6 is 0 Å². The van der Waals surface area contributed by atoms with E-state index >= 15 is 0 Å². The molecule has 1 saturated heterocycles. The number of amides is 1. The van der Waals surface area contributed by atoms with Crippen molar-refractivity contribution in [2.24, 2.45) is 11.8 Å². The first-order valence-corrected chi connectivity index (χ1v) is 11.1. The molecule has 0 spiro atoms. The highest BCUT2D eigenvalue weighted by Gasteiger charge is 2.27. The molecule has 2 atom stereocenters. The molecule has 7 nitrogen and oxygen atoms in total. The normalized spacial score (nSPS) is 19.0. The minimum atomic E-state index is -0.0132. The minimum Gasteiger partial charge on any atom is -0.355 e. The van der Waals surface area contributed by atoms with Gasteiger partial charge in [0.05, 0.1) is 5.69 Å². The fourth-order valence-corrected chi connectivity index (χ4v) is 4.52. The summed E-state index contributed by atoms with van der Waals surface area (Å²) < 4.78 is 5.47. The summed E-state index contributed by atoms with van der Waals surface area (Å²) >= 11 is 0. The number of benzene rings is 1. The SMILES string of the molecule is Cc1cccc(CNC(=O)CCc2nc(N3C[C@H](C)C[C@@H](C)C3)c3c(C)noc3n2)c1. The van der Waals surface area contributed by atoms with Crippen molar-refractivity contribution in [3.63, 3.8) is 0 Å². The quantitative estimate of drug-likeness (QED) is 0.648. The molecule has 1 N–H and O–H groups in total. The molecule has 164 valence electrons. The smallest absolute Gasteiger partial charge is 0.263 e. The molecule has 0 saturated carbocycles. The van der Waals surface area contributed by atoms with E-state index in [2.05, 4.69) is 40.3 Å². The van der Waals surface area contributed by atoms with E-state index < -0.39 is 0 Å². The average Bonchev–Trinajstić information content (AvgIpc) is 3.10. The van der Waals surface area contributed by atoms with Gasteiger partial charge in [-0.2, -0.15) is 4.98 Å². The molecule has 31 heavy (non-hydrogen) atoms. The molecule has 2 aromatic heterocycles. The van der Waals surface area contributed by atoms with Crippen molar-refractivity contribution in [2.45, 2.75) is 53.5 Å². The lowest BCUT2D eigenvalue weighted by Crippen LogP contribution is -2.39. The fourth-order valence-electron chi connectivity index (χ4n) is 4.52. The largest absolute Gasteiger partial charge is 0.355 e. The highest BCUT2D eigenvalue weighted by molar-refractivity contribution is 5.88. The van der Waals surface area contributed by atoms with Crippen LogP contribution in [-0.2, 0) is 17.8 Å². The molecule has 1 aliphatic rings. The van der Waals surface area contributed by atoms with Crippen molar-refractivity contribution in [3.8, 4) is 0 Å². The van der Waals surface area contributed by atoms with Gasteiger partial charge in [-0.05, 0) is 37.7 Å². The molecule has 1 amide bonds. The van der Waals surface area contributed by atoms with E-state index in [1.54, 1.807) is 0 Å². The molecule has 1 fully saturated rings. The first-order chi connectivity index (χ1) is 14.9. The standard InChI is InChI=1S/C24H31N5O2/c1-15-6-5-7-19(11-15)12-25-21(30)9-8-20-26-23(22-18(4)28-31-24(22)27-20)29-13-16(2)10-17(3)14-29/h5-7,11,16-17H,8-10,12-14H2,1-4H3,(H,25,30)/t16-,17-/m1/s1. The molecule has 3 heterocycles. The monoisotopic (exact) mass is 421 g/mol. The third kappa shape index (κ3) is 5.03. The Bertz CT molecular complexity index is 1070. The number of aryl methyl sites for hydroxylation is 3. The van der Waals surface area contributed by atoms with Gasteiger partial charge in [-0.15, -0.1) is 0 Å². The summed E-state index contributed by atoms with van der Waals surface area (Å²) in [5.41, 5.74) is 3.59. The Hall–Kier alpha value is -2.96. The van der Waals surface area contributed by atoms with Crippen LogP contribution in [0.15, 0.2) is 28.8 Å². The maximum absolute atomic E-state index is 12.4. The van der Waals surface area contributed by atoms with Gasteiger partial charge in [-0.1, -0.05) is 48.8 Å². The van der Waals surface area contributed by atoms with Gasteiger partial charge in [0, 0.05) is 32.5 Å². The van der Waals surface area contributed by atoms with Crippen molar-refractivity contribution >= 4 is 22.8 Å². The molecule has 0 radical (unpaired) electrons. The van der Waals surface area contributed by atoms with Crippen molar-refractivity contribution < 1.29 is 9.32 Å². The van der Waals surface area contributed by atoms with Gasteiger partial charge in [0.25, 0.3) is 5.71 Å². The second-order valence-electron chi connectivity index (χ2n) is 9.03. The number of hydrogen-bond acceptors (Lipinski definition) is 6. The summed E-state index contributed by atoms with van der Waals surface area (Å²) in [4.78, 5) is 24.1. The van der Waals surface area contributed by atoms with Crippen LogP contribution < -0.4 is 10.2 Å². The predicted octanol–water partition coefficient (Wildman–Crippen LogP) is 3.97. The number of piperidine rings is 1. The van der Waals surface area contributed by atoms with Crippen molar-refractivity contribution in [2.75, 3.05) is 18.0 Å². The first-order valence-electron chi connectivity index (χ1n) is 11.1. The van der Waals surface area contributed by atoms with E-state index in [1.165, 1.54) is 12.0 Å². The van der Waals surface area contributed by atoms with Crippen molar-refractivity contribution in [3.05, 3.63) is 46.9 Å². The van der Waals surface area contributed by atoms with E-state index in [-0.39, 0.29) is 5.91 Å². The lowest BCUT2D eigenvalue weighted by atomic mass is 9.92. The number of carbonyl (C=O) groups is 1. The van der Waals surface area contributed by atoms with E-state index in [1.807, 2.05) is 32.0 Å². The van der Waals surface area contributed by atoms with Crippen LogP contribution in [0.5, 0.6) is 0 Å².